The minimum atomic E-state index is -2.83. The molecule has 43 heavy (non-hydrogen) atoms. The van der Waals surface area contributed by atoms with Gasteiger partial charge in [-0.25, -0.2) is 18.8 Å². The van der Waals surface area contributed by atoms with E-state index in [2.05, 4.69) is 43.4 Å². The molecule has 1 aliphatic heterocycles. The number of ether oxygens (including phenoxy) is 1. The number of nitrogens with one attached hydrogen (secondary N) is 1. The number of imidazole rings is 1. The van der Waals surface area contributed by atoms with E-state index in [1.165, 1.54) is 4.57 Å². The zero-order chi connectivity index (χ0) is 30.6. The Hall–Kier alpha value is -4.69. The molecule has 3 heterocycles. The Labute approximate surface area is 249 Å². The maximum absolute atomic E-state index is 14.2. The molecule has 0 saturated carbocycles. The van der Waals surface area contributed by atoms with Gasteiger partial charge in [0.25, 0.3) is 6.43 Å². The lowest BCUT2D eigenvalue weighted by Crippen LogP contribution is -2.39. The lowest BCUT2D eigenvalue weighted by atomic mass is 9.89. The van der Waals surface area contributed by atoms with Crippen LogP contribution in [0.3, 0.4) is 0 Å². The van der Waals surface area contributed by atoms with Gasteiger partial charge in [0.1, 0.15) is 0 Å². The smallest absolute Gasteiger partial charge is 0.296 e. The molecule has 0 unspecified atom stereocenters. The fourth-order valence-electron chi connectivity index (χ4n) is 5.22. The van der Waals surface area contributed by atoms with Crippen LogP contribution < -0.4 is 10.2 Å². The number of terminal acetylenes is 1. The van der Waals surface area contributed by atoms with Crippen LogP contribution in [-0.4, -0.2) is 62.1 Å². The molecule has 0 aliphatic carbocycles. The maximum Gasteiger partial charge on any atom is 0.296 e. The van der Waals surface area contributed by atoms with Gasteiger partial charge in [-0.15, -0.1) is 0 Å². The molecule has 0 spiro atoms. The normalized spacial score (nSPS) is 14.8. The number of aliphatic imine (C=N–C) groups is 1. The fraction of sp³-hybridized carbons (Fsp3) is 0.344. The van der Waals surface area contributed by atoms with E-state index in [0.717, 1.165) is 22.4 Å². The van der Waals surface area contributed by atoms with Gasteiger partial charge in [-0.1, -0.05) is 42.8 Å². The molecule has 0 radical (unpaired) electrons. The van der Waals surface area contributed by atoms with Gasteiger partial charge in [0.2, 0.25) is 17.8 Å². The molecular weight excluding hydrogens is 550 g/mol. The van der Waals surface area contributed by atoms with E-state index in [1.54, 1.807) is 24.3 Å². The number of morpholine rings is 1. The molecule has 4 aromatic rings. The van der Waals surface area contributed by atoms with Crippen LogP contribution in [0.25, 0.3) is 22.6 Å². The van der Waals surface area contributed by atoms with Gasteiger partial charge in [0.05, 0.1) is 24.2 Å². The fourth-order valence-corrected chi connectivity index (χ4v) is 5.22. The van der Waals surface area contributed by atoms with Crippen LogP contribution >= 0.6 is 0 Å². The minimum Gasteiger partial charge on any atom is -0.378 e. The summed E-state index contributed by atoms with van der Waals surface area (Å²) in [4.78, 5) is 24.2. The van der Waals surface area contributed by atoms with Crippen molar-refractivity contribution in [2.75, 3.05) is 36.5 Å². The highest BCUT2D eigenvalue weighted by Crippen LogP contribution is 2.29. The van der Waals surface area contributed by atoms with E-state index in [0.29, 0.717) is 49.7 Å². The number of fused-ring (bicyclic) bond motifs is 1. The lowest BCUT2D eigenvalue weighted by molar-refractivity contribution is 0.122. The summed E-state index contributed by atoms with van der Waals surface area (Å²) >= 11 is 0. The second kappa shape index (κ2) is 12.7. The lowest BCUT2D eigenvalue weighted by Gasteiger charge is -2.30. The number of allylic oxidation sites excluding steroid dienone is 2. The summed E-state index contributed by atoms with van der Waals surface area (Å²) in [5.74, 6) is 0.301. The third-order valence-electron chi connectivity index (χ3n) is 7.08. The van der Waals surface area contributed by atoms with Crippen molar-refractivity contribution in [1.82, 2.24) is 24.5 Å². The van der Waals surface area contributed by atoms with Crippen LogP contribution in [0.15, 0.2) is 59.6 Å². The molecule has 1 fully saturated rings. The molecule has 0 bridgehead atoms. The Morgan fingerprint density at radius 2 is 1.74 bits per heavy atom. The summed E-state index contributed by atoms with van der Waals surface area (Å²) < 4.78 is 35.3. The van der Waals surface area contributed by atoms with Crippen LogP contribution in [0, 0.1) is 12.5 Å². The summed E-state index contributed by atoms with van der Waals surface area (Å²) in [5.41, 5.74) is 4.33. The minimum absolute atomic E-state index is 0.0706. The Morgan fingerprint density at radius 3 is 2.49 bits per heavy atom. The summed E-state index contributed by atoms with van der Waals surface area (Å²) in [7, 11) is 0. The number of benzene rings is 2. The predicted molar refractivity (Wildman–Crippen MR) is 166 cm³/mol. The van der Waals surface area contributed by atoms with Gasteiger partial charge in [0.15, 0.2) is 5.82 Å². The van der Waals surface area contributed by atoms with Crippen molar-refractivity contribution in [3.8, 4) is 18.4 Å². The summed E-state index contributed by atoms with van der Waals surface area (Å²) in [6.07, 6.45) is 5.09. The molecule has 11 heteroatoms. The molecule has 1 aliphatic rings. The highest BCUT2D eigenvalue weighted by Gasteiger charge is 2.27. The number of aromatic nitrogens is 5. The van der Waals surface area contributed by atoms with Gasteiger partial charge in [0, 0.05) is 30.4 Å². The van der Waals surface area contributed by atoms with Crippen molar-refractivity contribution in [2.45, 2.75) is 46.1 Å². The first-order valence-electron chi connectivity index (χ1n) is 14.0. The zero-order valence-corrected chi connectivity index (χ0v) is 24.7. The molecule has 5 rings (SSSR count). The number of halogens is 2. The van der Waals surface area contributed by atoms with Crippen molar-refractivity contribution in [3.05, 3.63) is 71.6 Å². The van der Waals surface area contributed by atoms with Gasteiger partial charge in [-0.2, -0.15) is 15.0 Å². The second-order valence-electron chi connectivity index (χ2n) is 11.0. The van der Waals surface area contributed by atoms with Gasteiger partial charge >= 0.3 is 0 Å². The molecule has 2 aromatic carbocycles. The third kappa shape index (κ3) is 6.87. The first-order chi connectivity index (χ1) is 20.6. The first-order valence-corrected chi connectivity index (χ1v) is 14.0. The van der Waals surface area contributed by atoms with Crippen molar-refractivity contribution in [2.24, 2.45) is 4.99 Å². The summed E-state index contributed by atoms with van der Waals surface area (Å²) in [6.45, 7) is 10.1. The standard InChI is InChI=1S/C32H34F2N8O/c1-6-35-22(3)19-21(2)24-12-8-7-11-23(24)20-32(4,5)40-29-37-30(41-15-17-43-18-16-41)39-31(38-29)42-26-14-10-9-13-25(26)36-28(42)27(33)34/h1,7-14,19,27H,15-18,20H2,2-5H3,(H,37,38,39,40)/b21-19+,35-22?. The van der Waals surface area contributed by atoms with E-state index in [9.17, 15) is 8.78 Å². The SMILES string of the molecule is C#CN=C(C)/C=C(\C)c1ccccc1CC(C)(C)Nc1nc(N2CCOCC2)nc(-n2c(C(F)F)nc3ccccc32)n1. The molecular formula is C32H34F2N8O. The molecule has 1 saturated heterocycles. The van der Waals surface area contributed by atoms with E-state index < -0.39 is 17.8 Å². The monoisotopic (exact) mass is 584 g/mol. The quantitative estimate of drug-likeness (QED) is 0.194. The maximum atomic E-state index is 14.2. The van der Waals surface area contributed by atoms with Crippen molar-refractivity contribution >= 4 is 34.2 Å². The molecule has 222 valence electrons. The highest BCUT2D eigenvalue weighted by molar-refractivity contribution is 5.99. The topological polar surface area (TPSA) is 93.3 Å². The number of anilines is 2. The van der Waals surface area contributed by atoms with E-state index >= 15 is 0 Å². The van der Waals surface area contributed by atoms with Crippen LogP contribution in [0.2, 0.25) is 0 Å². The molecule has 0 atom stereocenters. The Balaban J connectivity index is 1.54. The van der Waals surface area contributed by atoms with Gasteiger partial charge < -0.3 is 15.0 Å². The number of nitrogens with zero attached hydrogens (tertiary/aromatic N) is 7. The first kappa shape index (κ1) is 29.8. The Bertz CT molecular complexity index is 1710. The van der Waals surface area contributed by atoms with Crippen LogP contribution in [0.1, 0.15) is 51.1 Å². The highest BCUT2D eigenvalue weighted by atomic mass is 19.3. The molecule has 2 aromatic heterocycles. The Morgan fingerprint density at radius 1 is 1.05 bits per heavy atom. The van der Waals surface area contributed by atoms with Gasteiger partial charge in [-0.05, 0) is 69.0 Å². The average molecular weight is 585 g/mol. The van der Waals surface area contributed by atoms with E-state index in [-0.39, 0.29) is 11.9 Å². The number of para-hydroxylation sites is 2. The van der Waals surface area contributed by atoms with Crippen molar-refractivity contribution in [1.29, 1.82) is 0 Å². The van der Waals surface area contributed by atoms with Gasteiger partial charge in [-0.3, -0.25) is 4.57 Å². The van der Waals surface area contributed by atoms with Crippen LogP contribution in [0.4, 0.5) is 20.7 Å². The van der Waals surface area contributed by atoms with Crippen LogP contribution in [0.5, 0.6) is 0 Å². The third-order valence-corrected chi connectivity index (χ3v) is 7.08. The summed E-state index contributed by atoms with van der Waals surface area (Å²) in [6, 6.07) is 17.4. The zero-order valence-electron chi connectivity index (χ0n) is 24.7. The molecule has 9 nitrogen and oxygen atoms in total. The largest absolute Gasteiger partial charge is 0.378 e. The van der Waals surface area contributed by atoms with Crippen molar-refractivity contribution in [3.63, 3.8) is 0 Å². The van der Waals surface area contributed by atoms with E-state index in [4.69, 9.17) is 16.1 Å². The summed E-state index contributed by atoms with van der Waals surface area (Å²) in [5, 5.41) is 3.46. The number of rotatable bonds is 9. The number of hydrogen-bond donors (Lipinski definition) is 1. The number of hydrogen-bond acceptors (Lipinski definition) is 8. The van der Waals surface area contributed by atoms with E-state index in [1.807, 2.05) is 50.8 Å². The average Bonchev–Trinajstić information content (AvgIpc) is 3.37. The molecule has 0 amide bonds. The molecule has 1 N–H and O–H groups in total. The van der Waals surface area contributed by atoms with Crippen molar-refractivity contribution < 1.29 is 13.5 Å². The van der Waals surface area contributed by atoms with Crippen LogP contribution in [-0.2, 0) is 11.2 Å². The Kier molecular flexibility index (Phi) is 8.78. The predicted octanol–water partition coefficient (Wildman–Crippen LogP) is 5.87. The number of alkyl halides is 2. The second-order valence-corrected chi connectivity index (χ2v) is 11.0.